The van der Waals surface area contributed by atoms with E-state index in [0.717, 1.165) is 30.6 Å². The zero-order valence-corrected chi connectivity index (χ0v) is 19.6. The molecule has 0 saturated carbocycles. The van der Waals surface area contributed by atoms with Gasteiger partial charge in [0, 0.05) is 55.6 Å². The molecule has 0 aliphatic carbocycles. The number of fused-ring (bicyclic) bond motifs is 1. The fourth-order valence-electron chi connectivity index (χ4n) is 4.15. The molecule has 3 aliphatic rings. The SMILES string of the molecule is O=C1Nc2cc(Cl)ccc2SC1CC(=O)N1CCN(S(=O)(=O)N2CCCCCC2)CC1. The van der Waals surface area contributed by atoms with Crippen LogP contribution in [0.4, 0.5) is 5.69 Å². The van der Waals surface area contributed by atoms with Gasteiger partial charge in [-0.3, -0.25) is 9.59 Å². The summed E-state index contributed by atoms with van der Waals surface area (Å²) in [6.45, 7) is 2.41. The Labute approximate surface area is 192 Å². The first-order valence-electron chi connectivity index (χ1n) is 10.6. The molecule has 3 heterocycles. The van der Waals surface area contributed by atoms with E-state index < -0.39 is 15.5 Å². The van der Waals surface area contributed by atoms with Crippen LogP contribution in [0.25, 0.3) is 0 Å². The van der Waals surface area contributed by atoms with E-state index in [2.05, 4.69) is 5.32 Å². The lowest BCUT2D eigenvalue weighted by Gasteiger charge is -2.37. The van der Waals surface area contributed by atoms with Gasteiger partial charge in [-0.05, 0) is 31.0 Å². The van der Waals surface area contributed by atoms with Gasteiger partial charge in [-0.1, -0.05) is 24.4 Å². The number of piperazine rings is 1. The molecule has 0 bridgehead atoms. The van der Waals surface area contributed by atoms with Gasteiger partial charge in [-0.25, -0.2) is 0 Å². The maximum absolute atomic E-state index is 13.0. The molecule has 2 amide bonds. The highest BCUT2D eigenvalue weighted by Crippen LogP contribution is 2.38. The Balaban J connectivity index is 1.32. The Morgan fingerprint density at radius 2 is 1.68 bits per heavy atom. The van der Waals surface area contributed by atoms with Crippen molar-refractivity contribution in [3.63, 3.8) is 0 Å². The second-order valence-electron chi connectivity index (χ2n) is 8.04. The van der Waals surface area contributed by atoms with Crippen molar-refractivity contribution in [1.29, 1.82) is 0 Å². The smallest absolute Gasteiger partial charge is 0.282 e. The Bertz CT molecular complexity index is 942. The summed E-state index contributed by atoms with van der Waals surface area (Å²) in [7, 11) is -3.48. The number of benzene rings is 1. The van der Waals surface area contributed by atoms with Crippen LogP contribution in [0.3, 0.4) is 0 Å². The molecular formula is C20H27ClN4O4S2. The number of hydrogen-bond donors (Lipinski definition) is 1. The van der Waals surface area contributed by atoms with Crippen molar-refractivity contribution in [1.82, 2.24) is 13.5 Å². The Hall–Kier alpha value is -1.33. The number of carbonyl (C=O) groups is 2. The molecule has 31 heavy (non-hydrogen) atoms. The first-order chi connectivity index (χ1) is 14.8. The largest absolute Gasteiger partial charge is 0.340 e. The molecule has 1 N–H and O–H groups in total. The van der Waals surface area contributed by atoms with Gasteiger partial charge in [0.25, 0.3) is 10.2 Å². The summed E-state index contributed by atoms with van der Waals surface area (Å²) >= 11 is 7.34. The van der Waals surface area contributed by atoms with E-state index in [1.165, 1.54) is 16.1 Å². The van der Waals surface area contributed by atoms with Crippen molar-refractivity contribution in [3.8, 4) is 0 Å². The van der Waals surface area contributed by atoms with Crippen LogP contribution in [0.5, 0.6) is 0 Å². The number of nitrogens with one attached hydrogen (secondary N) is 1. The van der Waals surface area contributed by atoms with Crippen LogP contribution in [0.15, 0.2) is 23.1 Å². The van der Waals surface area contributed by atoms with E-state index in [4.69, 9.17) is 11.6 Å². The summed E-state index contributed by atoms with van der Waals surface area (Å²) in [5, 5.41) is 2.85. The summed E-state index contributed by atoms with van der Waals surface area (Å²) in [4.78, 5) is 27.8. The van der Waals surface area contributed by atoms with E-state index in [0.29, 0.717) is 36.9 Å². The molecule has 0 aromatic heterocycles. The van der Waals surface area contributed by atoms with Gasteiger partial charge in [0.1, 0.15) is 0 Å². The summed E-state index contributed by atoms with van der Waals surface area (Å²) in [6.07, 6.45) is 4.01. The van der Waals surface area contributed by atoms with Gasteiger partial charge in [0.15, 0.2) is 0 Å². The van der Waals surface area contributed by atoms with Crippen molar-refractivity contribution in [3.05, 3.63) is 23.2 Å². The fraction of sp³-hybridized carbons (Fsp3) is 0.600. The van der Waals surface area contributed by atoms with E-state index in [-0.39, 0.29) is 31.3 Å². The first kappa shape index (κ1) is 22.8. The maximum Gasteiger partial charge on any atom is 0.282 e. The van der Waals surface area contributed by atoms with Gasteiger partial charge < -0.3 is 10.2 Å². The van der Waals surface area contributed by atoms with E-state index >= 15 is 0 Å². The Morgan fingerprint density at radius 3 is 2.35 bits per heavy atom. The molecule has 3 aliphatic heterocycles. The van der Waals surface area contributed by atoms with Crippen molar-refractivity contribution < 1.29 is 18.0 Å². The van der Waals surface area contributed by atoms with Crippen LogP contribution in [0.2, 0.25) is 5.02 Å². The summed E-state index contributed by atoms with van der Waals surface area (Å²) < 4.78 is 29.0. The molecule has 1 atom stereocenters. The fourth-order valence-corrected chi connectivity index (χ4v) is 7.07. The minimum Gasteiger partial charge on any atom is -0.340 e. The Kier molecular flexibility index (Phi) is 7.12. The average Bonchev–Trinajstić information content (AvgIpc) is 3.05. The molecule has 2 saturated heterocycles. The second kappa shape index (κ2) is 9.66. The van der Waals surface area contributed by atoms with E-state index in [1.807, 2.05) is 6.07 Å². The Morgan fingerprint density at radius 1 is 1.03 bits per heavy atom. The third-order valence-corrected chi connectivity index (χ3v) is 9.48. The molecule has 11 heteroatoms. The van der Waals surface area contributed by atoms with Gasteiger partial charge in [-0.15, -0.1) is 11.8 Å². The zero-order chi connectivity index (χ0) is 22.0. The highest BCUT2D eigenvalue weighted by Gasteiger charge is 2.35. The lowest BCUT2D eigenvalue weighted by atomic mass is 10.2. The number of carbonyl (C=O) groups excluding carboxylic acids is 2. The van der Waals surface area contributed by atoms with Gasteiger partial charge >= 0.3 is 0 Å². The van der Waals surface area contributed by atoms with E-state index in [9.17, 15) is 18.0 Å². The molecule has 0 radical (unpaired) electrons. The molecule has 8 nitrogen and oxygen atoms in total. The number of anilines is 1. The number of amides is 2. The summed E-state index contributed by atoms with van der Waals surface area (Å²) in [5.41, 5.74) is 0.665. The van der Waals surface area contributed by atoms with Crippen molar-refractivity contribution in [2.45, 2.75) is 42.2 Å². The third-order valence-electron chi connectivity index (χ3n) is 5.93. The number of nitrogens with zero attached hydrogens (tertiary/aromatic N) is 3. The lowest BCUT2D eigenvalue weighted by Crippen LogP contribution is -2.54. The molecular weight excluding hydrogens is 460 g/mol. The van der Waals surface area contributed by atoms with Crippen LogP contribution < -0.4 is 5.32 Å². The van der Waals surface area contributed by atoms with Crippen molar-refractivity contribution in [2.24, 2.45) is 0 Å². The topological polar surface area (TPSA) is 90.0 Å². The molecule has 0 spiro atoms. The molecule has 1 aromatic carbocycles. The molecule has 1 aromatic rings. The average molecular weight is 487 g/mol. The second-order valence-corrected chi connectivity index (χ2v) is 11.7. The van der Waals surface area contributed by atoms with Crippen LogP contribution in [0.1, 0.15) is 32.1 Å². The predicted molar refractivity (Wildman–Crippen MR) is 121 cm³/mol. The van der Waals surface area contributed by atoms with Crippen LogP contribution in [0, 0.1) is 0 Å². The van der Waals surface area contributed by atoms with Crippen molar-refractivity contribution >= 4 is 51.1 Å². The monoisotopic (exact) mass is 486 g/mol. The number of rotatable bonds is 4. The number of hydrogen-bond acceptors (Lipinski definition) is 5. The quantitative estimate of drug-likeness (QED) is 0.705. The maximum atomic E-state index is 13.0. The molecule has 4 rings (SSSR count). The third kappa shape index (κ3) is 5.19. The van der Waals surface area contributed by atoms with Gasteiger partial charge in [0.2, 0.25) is 11.8 Å². The minimum atomic E-state index is -3.48. The first-order valence-corrected chi connectivity index (χ1v) is 13.3. The lowest BCUT2D eigenvalue weighted by molar-refractivity contribution is -0.133. The minimum absolute atomic E-state index is 0.0808. The number of halogens is 1. The summed E-state index contributed by atoms with van der Waals surface area (Å²) in [6, 6.07) is 5.29. The van der Waals surface area contributed by atoms with Crippen LogP contribution >= 0.6 is 23.4 Å². The van der Waals surface area contributed by atoms with Gasteiger partial charge in [0.05, 0.1) is 10.9 Å². The molecule has 170 valence electrons. The number of thioether (sulfide) groups is 1. The predicted octanol–water partition coefficient (Wildman–Crippen LogP) is 2.41. The van der Waals surface area contributed by atoms with Crippen molar-refractivity contribution in [2.75, 3.05) is 44.6 Å². The normalized spacial score (nSPS) is 23.7. The standard InChI is InChI=1S/C20H27ClN4O4S2/c21-15-5-6-17-16(13-15)22-20(27)18(30-17)14-19(26)23-9-11-25(12-10-23)31(28,29)24-7-3-1-2-4-8-24/h5-6,13,18H,1-4,7-12,14H2,(H,22,27). The molecule has 1 unspecified atom stereocenters. The summed E-state index contributed by atoms with van der Waals surface area (Å²) in [5.74, 6) is -0.340. The highest BCUT2D eigenvalue weighted by molar-refractivity contribution is 8.01. The highest BCUT2D eigenvalue weighted by atomic mass is 35.5. The van der Waals surface area contributed by atoms with E-state index in [1.54, 1.807) is 21.3 Å². The van der Waals surface area contributed by atoms with Crippen LogP contribution in [-0.4, -0.2) is 78.3 Å². The van der Waals surface area contributed by atoms with Crippen LogP contribution in [-0.2, 0) is 19.8 Å². The molecule has 2 fully saturated rings. The zero-order valence-electron chi connectivity index (χ0n) is 17.3. The van der Waals surface area contributed by atoms with Gasteiger partial charge in [-0.2, -0.15) is 17.0 Å².